The molecule has 0 N–H and O–H groups in total. The number of halogens is 2. The van der Waals surface area contributed by atoms with Gasteiger partial charge in [-0.15, -0.1) is 0 Å². The minimum Gasteiger partial charge on any atom is -0.497 e. The molecule has 4 heteroatoms. The van der Waals surface area contributed by atoms with Gasteiger partial charge in [-0.3, -0.25) is 0 Å². The van der Waals surface area contributed by atoms with Crippen LogP contribution in [0.15, 0.2) is 36.4 Å². The maximum atomic E-state index is 13.1. The zero-order valence-corrected chi connectivity index (χ0v) is 13.0. The number of benzene rings is 2. The molecule has 2 aromatic carbocycles. The van der Waals surface area contributed by atoms with E-state index in [1.165, 1.54) is 12.1 Å². The average molecular weight is 339 g/mol. The van der Waals surface area contributed by atoms with Crippen molar-refractivity contribution in [2.75, 3.05) is 7.11 Å². The highest BCUT2D eigenvalue weighted by atomic mass is 79.9. The second kappa shape index (κ2) is 6.75. The molecule has 0 aromatic heterocycles. The Hall–Kier alpha value is -1.55. The zero-order valence-electron chi connectivity index (χ0n) is 11.5. The number of alkyl halides is 1. The standard InChI is InChI=1S/C16H16BrFO2/c1-11-7-14(18)5-3-13(11)10-20-16-8-15(19-2)6-4-12(16)9-17/h3-8H,9-10H2,1-2H3. The van der Waals surface area contributed by atoms with Crippen LogP contribution in [0.25, 0.3) is 0 Å². The molecule has 0 fully saturated rings. The van der Waals surface area contributed by atoms with E-state index in [4.69, 9.17) is 9.47 Å². The van der Waals surface area contributed by atoms with Crippen LogP contribution in [0, 0.1) is 12.7 Å². The number of hydrogen-bond donors (Lipinski definition) is 0. The van der Waals surface area contributed by atoms with E-state index in [9.17, 15) is 4.39 Å². The summed E-state index contributed by atoms with van der Waals surface area (Å²) >= 11 is 3.43. The predicted molar refractivity (Wildman–Crippen MR) is 81.1 cm³/mol. The van der Waals surface area contributed by atoms with Gasteiger partial charge in [-0.1, -0.05) is 28.1 Å². The van der Waals surface area contributed by atoms with Crippen molar-refractivity contribution in [1.29, 1.82) is 0 Å². The maximum absolute atomic E-state index is 13.1. The summed E-state index contributed by atoms with van der Waals surface area (Å²) in [6, 6.07) is 10.4. The summed E-state index contributed by atoms with van der Waals surface area (Å²) < 4.78 is 24.1. The van der Waals surface area contributed by atoms with Gasteiger partial charge < -0.3 is 9.47 Å². The highest BCUT2D eigenvalue weighted by Crippen LogP contribution is 2.27. The number of methoxy groups -OCH3 is 1. The molecule has 2 rings (SSSR count). The van der Waals surface area contributed by atoms with Crippen molar-refractivity contribution in [2.45, 2.75) is 18.9 Å². The van der Waals surface area contributed by atoms with E-state index in [-0.39, 0.29) is 5.82 Å². The van der Waals surface area contributed by atoms with Gasteiger partial charge in [-0.25, -0.2) is 4.39 Å². The first-order chi connectivity index (χ1) is 9.63. The molecule has 0 bridgehead atoms. The maximum Gasteiger partial charge on any atom is 0.127 e. The molecule has 0 aliphatic heterocycles. The van der Waals surface area contributed by atoms with Gasteiger partial charge in [-0.2, -0.15) is 0 Å². The Morgan fingerprint density at radius 1 is 1.10 bits per heavy atom. The lowest BCUT2D eigenvalue weighted by atomic mass is 10.1. The molecule has 0 aliphatic rings. The number of ether oxygens (including phenoxy) is 2. The minimum absolute atomic E-state index is 0.228. The van der Waals surface area contributed by atoms with Gasteiger partial charge in [0.15, 0.2) is 0 Å². The Morgan fingerprint density at radius 3 is 2.50 bits per heavy atom. The summed E-state index contributed by atoms with van der Waals surface area (Å²) in [7, 11) is 1.62. The normalized spacial score (nSPS) is 10.4. The van der Waals surface area contributed by atoms with Crippen LogP contribution in [-0.2, 0) is 11.9 Å². The van der Waals surface area contributed by atoms with Crippen LogP contribution in [0.4, 0.5) is 4.39 Å². The summed E-state index contributed by atoms with van der Waals surface area (Å²) in [4.78, 5) is 0. The lowest BCUT2D eigenvalue weighted by Gasteiger charge is -2.13. The predicted octanol–water partition coefficient (Wildman–Crippen LogP) is 4.62. The van der Waals surface area contributed by atoms with E-state index >= 15 is 0 Å². The molecule has 2 aromatic rings. The molecular weight excluding hydrogens is 323 g/mol. The van der Waals surface area contributed by atoms with Crippen LogP contribution in [-0.4, -0.2) is 7.11 Å². The zero-order chi connectivity index (χ0) is 14.5. The van der Waals surface area contributed by atoms with Gasteiger partial charge in [0.2, 0.25) is 0 Å². The fourth-order valence-electron chi connectivity index (χ4n) is 1.88. The Balaban J connectivity index is 2.17. The first-order valence-corrected chi connectivity index (χ1v) is 7.37. The van der Waals surface area contributed by atoms with Crippen LogP contribution in [0.5, 0.6) is 11.5 Å². The van der Waals surface area contributed by atoms with Gasteiger partial charge in [0.1, 0.15) is 23.9 Å². The van der Waals surface area contributed by atoms with Crippen molar-refractivity contribution in [3.05, 3.63) is 58.9 Å². The van der Waals surface area contributed by atoms with Gasteiger partial charge in [-0.05, 0) is 36.2 Å². The molecule has 0 saturated carbocycles. The quantitative estimate of drug-likeness (QED) is 0.741. The van der Waals surface area contributed by atoms with Crippen molar-refractivity contribution in [3.63, 3.8) is 0 Å². The molecule has 0 amide bonds. The van der Waals surface area contributed by atoms with Crippen LogP contribution in [0.3, 0.4) is 0 Å². The third-order valence-corrected chi connectivity index (χ3v) is 3.71. The smallest absolute Gasteiger partial charge is 0.127 e. The number of hydrogen-bond acceptors (Lipinski definition) is 2. The van der Waals surface area contributed by atoms with Crippen LogP contribution < -0.4 is 9.47 Å². The molecule has 0 spiro atoms. The van der Waals surface area contributed by atoms with Crippen LogP contribution >= 0.6 is 15.9 Å². The second-order valence-electron chi connectivity index (χ2n) is 4.47. The molecule has 0 unspecified atom stereocenters. The molecule has 20 heavy (non-hydrogen) atoms. The average Bonchev–Trinajstić information content (AvgIpc) is 2.46. The van der Waals surface area contributed by atoms with Crippen molar-refractivity contribution < 1.29 is 13.9 Å². The topological polar surface area (TPSA) is 18.5 Å². The van der Waals surface area contributed by atoms with Crippen LogP contribution in [0.1, 0.15) is 16.7 Å². The number of rotatable bonds is 5. The van der Waals surface area contributed by atoms with E-state index in [1.54, 1.807) is 13.2 Å². The lowest BCUT2D eigenvalue weighted by Crippen LogP contribution is -2.00. The summed E-state index contributed by atoms with van der Waals surface area (Å²) in [5.41, 5.74) is 2.90. The monoisotopic (exact) mass is 338 g/mol. The fourth-order valence-corrected chi connectivity index (χ4v) is 2.35. The van der Waals surface area contributed by atoms with Crippen molar-refractivity contribution in [1.82, 2.24) is 0 Å². The van der Waals surface area contributed by atoms with Gasteiger partial charge in [0, 0.05) is 17.0 Å². The molecular formula is C16H16BrFO2. The molecule has 0 heterocycles. The highest BCUT2D eigenvalue weighted by Gasteiger charge is 2.07. The Kier molecular flexibility index (Phi) is 5.01. The van der Waals surface area contributed by atoms with E-state index < -0.39 is 0 Å². The molecule has 0 aliphatic carbocycles. The summed E-state index contributed by atoms with van der Waals surface area (Å²) in [6.45, 7) is 2.28. The van der Waals surface area contributed by atoms with Gasteiger partial charge in [0.25, 0.3) is 0 Å². The van der Waals surface area contributed by atoms with Gasteiger partial charge in [0.05, 0.1) is 7.11 Å². The third-order valence-electron chi connectivity index (χ3n) is 3.11. The van der Waals surface area contributed by atoms with Crippen molar-refractivity contribution in [3.8, 4) is 11.5 Å². The molecule has 106 valence electrons. The van der Waals surface area contributed by atoms with Crippen molar-refractivity contribution in [2.24, 2.45) is 0 Å². The SMILES string of the molecule is COc1ccc(CBr)c(OCc2ccc(F)cc2C)c1. The first kappa shape index (κ1) is 14.9. The molecule has 0 atom stereocenters. The molecule has 0 saturated heterocycles. The first-order valence-electron chi connectivity index (χ1n) is 6.24. The highest BCUT2D eigenvalue weighted by molar-refractivity contribution is 9.08. The third kappa shape index (κ3) is 3.51. The van der Waals surface area contributed by atoms with Gasteiger partial charge >= 0.3 is 0 Å². The molecule has 0 radical (unpaired) electrons. The fraction of sp³-hybridized carbons (Fsp3) is 0.250. The Morgan fingerprint density at radius 2 is 1.85 bits per heavy atom. The van der Waals surface area contributed by atoms with Crippen molar-refractivity contribution >= 4 is 15.9 Å². The van der Waals surface area contributed by atoms with E-state index in [1.807, 2.05) is 25.1 Å². The lowest BCUT2D eigenvalue weighted by molar-refractivity contribution is 0.300. The molecule has 2 nitrogen and oxygen atoms in total. The second-order valence-corrected chi connectivity index (χ2v) is 5.03. The minimum atomic E-state index is -0.228. The number of aryl methyl sites for hydroxylation is 1. The van der Waals surface area contributed by atoms with Crippen LogP contribution in [0.2, 0.25) is 0 Å². The van der Waals surface area contributed by atoms with E-state index in [2.05, 4.69) is 15.9 Å². The summed E-state index contributed by atoms with van der Waals surface area (Å²) in [5.74, 6) is 1.29. The van der Waals surface area contributed by atoms with E-state index in [0.29, 0.717) is 11.9 Å². The largest absolute Gasteiger partial charge is 0.497 e. The summed E-state index contributed by atoms with van der Waals surface area (Å²) in [6.07, 6.45) is 0. The van der Waals surface area contributed by atoms with E-state index in [0.717, 1.165) is 28.2 Å². The summed E-state index contributed by atoms with van der Waals surface area (Å²) in [5, 5.41) is 0.703. The Labute approximate surface area is 126 Å². The Bertz CT molecular complexity index is 599.